The van der Waals surface area contributed by atoms with Gasteiger partial charge in [-0.3, -0.25) is 0 Å². The first-order valence-corrected chi connectivity index (χ1v) is 6.61. The third-order valence-corrected chi connectivity index (χ3v) is 3.39. The normalized spacial score (nSPS) is 11.1. The third kappa shape index (κ3) is 2.36. The van der Waals surface area contributed by atoms with Crippen LogP contribution in [-0.2, 0) is 13.0 Å². The summed E-state index contributed by atoms with van der Waals surface area (Å²) in [6, 6.07) is 8.53. The van der Waals surface area contributed by atoms with Crippen molar-refractivity contribution >= 4 is 10.9 Å². The van der Waals surface area contributed by atoms with Gasteiger partial charge in [0.2, 0.25) is 0 Å². The van der Waals surface area contributed by atoms with Gasteiger partial charge in [0, 0.05) is 17.6 Å². The zero-order chi connectivity index (χ0) is 13.0. The zero-order valence-corrected chi connectivity index (χ0v) is 11.5. The Morgan fingerprint density at radius 1 is 1.33 bits per heavy atom. The minimum absolute atomic E-state index is 0.967. The van der Waals surface area contributed by atoms with Crippen molar-refractivity contribution in [2.45, 2.75) is 26.3 Å². The smallest absolute Gasteiger partial charge is 0.128 e. The molecule has 0 radical (unpaired) electrons. The summed E-state index contributed by atoms with van der Waals surface area (Å²) in [6.07, 6.45) is 2.27. The summed E-state index contributed by atoms with van der Waals surface area (Å²) in [5.41, 5.74) is 2.67. The van der Waals surface area contributed by atoms with Crippen molar-refractivity contribution in [1.29, 1.82) is 0 Å². The molecule has 0 saturated heterocycles. The second-order valence-corrected chi connectivity index (χ2v) is 4.48. The molecule has 0 saturated carbocycles. The summed E-state index contributed by atoms with van der Waals surface area (Å²) in [6.45, 7) is 4.26. The lowest BCUT2D eigenvalue weighted by Gasteiger charge is -2.08. The lowest BCUT2D eigenvalue weighted by atomic mass is 10.2. The highest BCUT2D eigenvalue weighted by atomic mass is 16.5. The van der Waals surface area contributed by atoms with Crippen LogP contribution in [0.2, 0.25) is 0 Å². The fourth-order valence-corrected chi connectivity index (χ4v) is 2.52. The van der Waals surface area contributed by atoms with Crippen LogP contribution in [0, 0.1) is 0 Å². The molecule has 2 rings (SSSR count). The van der Waals surface area contributed by atoms with Crippen LogP contribution < -0.4 is 10.1 Å². The Labute approximate surface area is 109 Å². The van der Waals surface area contributed by atoms with Crippen LogP contribution in [0.4, 0.5) is 0 Å². The lowest BCUT2D eigenvalue weighted by molar-refractivity contribution is 0.420. The number of hydrogen-bond donors (Lipinski definition) is 1. The van der Waals surface area contributed by atoms with Crippen LogP contribution in [0.25, 0.3) is 10.9 Å². The van der Waals surface area contributed by atoms with Crippen molar-refractivity contribution in [1.82, 2.24) is 9.88 Å². The quantitative estimate of drug-likeness (QED) is 0.793. The van der Waals surface area contributed by atoms with E-state index in [2.05, 4.69) is 35.0 Å². The molecule has 3 nitrogen and oxygen atoms in total. The van der Waals surface area contributed by atoms with Crippen molar-refractivity contribution in [2.24, 2.45) is 0 Å². The molecule has 0 fully saturated rings. The maximum absolute atomic E-state index is 5.44. The number of ether oxygens (including phenoxy) is 1. The van der Waals surface area contributed by atoms with E-state index in [1.165, 1.54) is 16.6 Å². The van der Waals surface area contributed by atoms with E-state index in [-0.39, 0.29) is 0 Å². The maximum Gasteiger partial charge on any atom is 0.128 e. The maximum atomic E-state index is 5.44. The molecule has 0 amide bonds. The SMILES string of the molecule is CCn1c(CCCNC)cc2c(OC)cccc21. The molecule has 0 atom stereocenters. The summed E-state index contributed by atoms with van der Waals surface area (Å²) in [5, 5.41) is 4.42. The van der Waals surface area contributed by atoms with Gasteiger partial charge in [0.15, 0.2) is 0 Å². The van der Waals surface area contributed by atoms with Gasteiger partial charge in [-0.15, -0.1) is 0 Å². The molecule has 0 unspecified atom stereocenters. The molecule has 3 heteroatoms. The first-order chi connectivity index (χ1) is 8.81. The topological polar surface area (TPSA) is 26.2 Å². The lowest BCUT2D eigenvalue weighted by Crippen LogP contribution is -2.10. The highest BCUT2D eigenvalue weighted by Crippen LogP contribution is 2.29. The van der Waals surface area contributed by atoms with Crippen LogP contribution in [0.1, 0.15) is 19.0 Å². The van der Waals surface area contributed by atoms with Gasteiger partial charge in [-0.05, 0) is 51.6 Å². The first-order valence-electron chi connectivity index (χ1n) is 6.61. The highest BCUT2D eigenvalue weighted by Gasteiger charge is 2.10. The highest BCUT2D eigenvalue weighted by molar-refractivity contribution is 5.87. The molecular formula is C15H22N2O. The van der Waals surface area contributed by atoms with Gasteiger partial charge in [0.25, 0.3) is 0 Å². The molecule has 0 spiro atoms. The van der Waals surface area contributed by atoms with Crippen molar-refractivity contribution in [3.05, 3.63) is 30.0 Å². The number of fused-ring (bicyclic) bond motifs is 1. The number of nitrogens with one attached hydrogen (secondary N) is 1. The summed E-state index contributed by atoms with van der Waals surface area (Å²) >= 11 is 0. The summed E-state index contributed by atoms with van der Waals surface area (Å²) in [7, 11) is 3.73. The average Bonchev–Trinajstić information content (AvgIpc) is 2.76. The van der Waals surface area contributed by atoms with Gasteiger partial charge in [-0.1, -0.05) is 6.07 Å². The van der Waals surface area contributed by atoms with Gasteiger partial charge < -0.3 is 14.6 Å². The molecule has 18 heavy (non-hydrogen) atoms. The van der Waals surface area contributed by atoms with Crippen LogP contribution in [0.15, 0.2) is 24.3 Å². The second kappa shape index (κ2) is 5.91. The Morgan fingerprint density at radius 2 is 2.17 bits per heavy atom. The van der Waals surface area contributed by atoms with E-state index in [9.17, 15) is 0 Å². The predicted molar refractivity (Wildman–Crippen MR) is 76.4 cm³/mol. The third-order valence-electron chi connectivity index (χ3n) is 3.39. The number of nitrogens with zero attached hydrogens (tertiary/aromatic N) is 1. The van der Waals surface area contributed by atoms with E-state index in [0.717, 1.165) is 31.7 Å². The molecule has 0 aliphatic heterocycles. The fraction of sp³-hybridized carbons (Fsp3) is 0.467. The average molecular weight is 246 g/mol. The molecule has 0 bridgehead atoms. The van der Waals surface area contributed by atoms with Gasteiger partial charge in [0.05, 0.1) is 12.6 Å². The Morgan fingerprint density at radius 3 is 2.83 bits per heavy atom. The van der Waals surface area contributed by atoms with Gasteiger partial charge in [-0.25, -0.2) is 0 Å². The van der Waals surface area contributed by atoms with E-state index in [0.29, 0.717) is 0 Å². The number of aryl methyl sites for hydroxylation is 2. The first kappa shape index (κ1) is 13.0. The Balaban J connectivity index is 2.40. The van der Waals surface area contributed by atoms with Crippen LogP contribution in [-0.4, -0.2) is 25.3 Å². The standard InChI is InChI=1S/C15H22N2O/c1-4-17-12(7-6-10-16-2)11-13-14(17)8-5-9-15(13)18-3/h5,8-9,11,16H,4,6-7,10H2,1-3H3. The number of methoxy groups -OCH3 is 1. The Hall–Kier alpha value is -1.48. The van der Waals surface area contributed by atoms with E-state index in [1.807, 2.05) is 13.1 Å². The van der Waals surface area contributed by atoms with E-state index in [4.69, 9.17) is 4.74 Å². The largest absolute Gasteiger partial charge is 0.496 e. The van der Waals surface area contributed by atoms with E-state index in [1.54, 1.807) is 7.11 Å². The molecule has 1 N–H and O–H groups in total. The number of rotatable bonds is 6. The van der Waals surface area contributed by atoms with Crippen molar-refractivity contribution in [3.8, 4) is 5.75 Å². The Bertz CT molecular complexity index is 516. The van der Waals surface area contributed by atoms with Crippen LogP contribution >= 0.6 is 0 Å². The molecule has 2 aromatic rings. The summed E-state index contributed by atoms with van der Waals surface area (Å²) in [5.74, 6) is 0.967. The molecule has 1 heterocycles. The minimum atomic E-state index is 0.967. The predicted octanol–water partition coefficient (Wildman–Crippen LogP) is 2.82. The van der Waals surface area contributed by atoms with Gasteiger partial charge >= 0.3 is 0 Å². The van der Waals surface area contributed by atoms with E-state index < -0.39 is 0 Å². The van der Waals surface area contributed by atoms with Gasteiger partial charge in [-0.2, -0.15) is 0 Å². The van der Waals surface area contributed by atoms with Crippen molar-refractivity contribution in [3.63, 3.8) is 0 Å². The second-order valence-electron chi connectivity index (χ2n) is 4.48. The van der Waals surface area contributed by atoms with Gasteiger partial charge in [0.1, 0.15) is 5.75 Å². The number of aromatic nitrogens is 1. The molecule has 1 aromatic carbocycles. The fourth-order valence-electron chi connectivity index (χ4n) is 2.52. The monoisotopic (exact) mass is 246 g/mol. The van der Waals surface area contributed by atoms with Crippen molar-refractivity contribution < 1.29 is 4.74 Å². The molecule has 1 aromatic heterocycles. The molecule has 0 aliphatic rings. The van der Waals surface area contributed by atoms with E-state index >= 15 is 0 Å². The molecule has 0 aliphatic carbocycles. The van der Waals surface area contributed by atoms with Crippen molar-refractivity contribution in [2.75, 3.05) is 20.7 Å². The number of benzene rings is 1. The Kier molecular flexibility index (Phi) is 4.26. The minimum Gasteiger partial charge on any atom is -0.496 e. The van der Waals surface area contributed by atoms with Crippen LogP contribution in [0.5, 0.6) is 5.75 Å². The molecule has 98 valence electrons. The zero-order valence-electron chi connectivity index (χ0n) is 11.5. The summed E-state index contributed by atoms with van der Waals surface area (Å²) < 4.78 is 7.82. The molecular weight excluding hydrogens is 224 g/mol. The van der Waals surface area contributed by atoms with Crippen LogP contribution in [0.3, 0.4) is 0 Å². The number of hydrogen-bond acceptors (Lipinski definition) is 2. The summed E-state index contributed by atoms with van der Waals surface area (Å²) in [4.78, 5) is 0.